The average Bonchev–Trinajstić information content (AvgIpc) is 3.30. The van der Waals surface area contributed by atoms with Crippen molar-refractivity contribution in [1.29, 1.82) is 0 Å². The van der Waals surface area contributed by atoms with Gasteiger partial charge in [-0.1, -0.05) is 6.07 Å². The van der Waals surface area contributed by atoms with Crippen molar-refractivity contribution >= 4 is 17.5 Å². The van der Waals surface area contributed by atoms with Crippen molar-refractivity contribution in [2.24, 2.45) is 23.5 Å². The van der Waals surface area contributed by atoms with E-state index in [0.717, 1.165) is 12.0 Å². The fourth-order valence-corrected chi connectivity index (χ4v) is 6.79. The van der Waals surface area contributed by atoms with Crippen LogP contribution in [0.3, 0.4) is 0 Å². The number of phenols is 1. The number of rotatable bonds is 3. The molecule has 7 atom stereocenters. The molecule has 35 heavy (non-hydrogen) atoms. The first-order valence-corrected chi connectivity index (χ1v) is 11.8. The van der Waals surface area contributed by atoms with Crippen LogP contribution in [-0.2, 0) is 20.7 Å². The van der Waals surface area contributed by atoms with Gasteiger partial charge >= 0.3 is 0 Å². The number of amides is 1. The Bertz CT molecular complexity index is 1150. The number of allylic oxidation sites excluding steroid dienone is 1. The Kier molecular flexibility index (Phi) is 5.55. The number of ketones is 2. The molecule has 2 fully saturated rings. The maximum Gasteiger partial charge on any atom is 0.230 e. The predicted molar refractivity (Wildman–Crippen MR) is 122 cm³/mol. The molecular formula is C25H30N2O8. The summed E-state index contributed by atoms with van der Waals surface area (Å²) in [5.74, 6) is -7.20. The van der Waals surface area contributed by atoms with Crippen molar-refractivity contribution in [3.05, 3.63) is 40.2 Å². The zero-order chi connectivity index (χ0) is 25.4. The van der Waals surface area contributed by atoms with E-state index in [1.54, 1.807) is 25.1 Å². The third-order valence-corrected chi connectivity index (χ3v) is 8.38. The zero-order valence-electron chi connectivity index (χ0n) is 19.6. The summed E-state index contributed by atoms with van der Waals surface area (Å²) in [5.41, 5.74) is 4.32. The molecule has 0 bridgehead atoms. The van der Waals surface area contributed by atoms with Crippen LogP contribution in [0.25, 0.3) is 0 Å². The minimum absolute atomic E-state index is 0.0492. The second-order valence-electron chi connectivity index (χ2n) is 10.4. The van der Waals surface area contributed by atoms with E-state index < -0.39 is 58.7 Å². The number of benzene rings is 1. The van der Waals surface area contributed by atoms with Gasteiger partial charge in [0.1, 0.15) is 17.4 Å². The predicted octanol–water partition coefficient (Wildman–Crippen LogP) is -0.210. The van der Waals surface area contributed by atoms with Gasteiger partial charge in [0.2, 0.25) is 5.91 Å². The summed E-state index contributed by atoms with van der Waals surface area (Å²) in [7, 11) is 3.27. The molecule has 10 nitrogen and oxygen atoms in total. The van der Waals surface area contributed by atoms with Crippen LogP contribution in [0, 0.1) is 17.8 Å². The third kappa shape index (κ3) is 3.20. The molecule has 3 aliphatic carbocycles. The summed E-state index contributed by atoms with van der Waals surface area (Å²) >= 11 is 0. The number of fused-ring (bicyclic) bond motifs is 3. The molecule has 1 saturated carbocycles. The molecule has 1 amide bonds. The molecule has 1 saturated heterocycles. The summed E-state index contributed by atoms with van der Waals surface area (Å²) in [6, 6.07) is 2.35. The second-order valence-corrected chi connectivity index (χ2v) is 10.4. The van der Waals surface area contributed by atoms with Crippen molar-refractivity contribution in [3.8, 4) is 5.75 Å². The van der Waals surface area contributed by atoms with Gasteiger partial charge < -0.3 is 35.8 Å². The molecule has 6 N–H and O–H groups in total. The SMILES string of the molecule is CN(C)[C@@H]1C(O)C(C(N)=O)C(=O)[C@@]2(O)C(O)=C3C(=O)c4c(O)ccc(C5CCOC5)c4C[C@H]3C[C@@H]12. The number of hydrogen-bond acceptors (Lipinski definition) is 9. The van der Waals surface area contributed by atoms with E-state index >= 15 is 0 Å². The lowest BCUT2D eigenvalue weighted by Crippen LogP contribution is -2.71. The zero-order valence-corrected chi connectivity index (χ0v) is 19.6. The Morgan fingerprint density at radius 3 is 2.51 bits per heavy atom. The van der Waals surface area contributed by atoms with Crippen LogP contribution in [0.2, 0.25) is 0 Å². The van der Waals surface area contributed by atoms with Crippen LogP contribution in [0.15, 0.2) is 23.5 Å². The van der Waals surface area contributed by atoms with Gasteiger partial charge in [0.25, 0.3) is 0 Å². The lowest BCUT2D eigenvalue weighted by Gasteiger charge is -2.53. The van der Waals surface area contributed by atoms with E-state index in [1.807, 2.05) is 0 Å². The first-order valence-electron chi connectivity index (χ1n) is 11.8. The van der Waals surface area contributed by atoms with Crippen molar-refractivity contribution in [1.82, 2.24) is 4.90 Å². The quantitative estimate of drug-likeness (QED) is 0.363. The molecule has 1 aromatic carbocycles. The number of nitrogens with zero attached hydrogens (tertiary/aromatic N) is 1. The van der Waals surface area contributed by atoms with Crippen molar-refractivity contribution in [3.63, 3.8) is 0 Å². The molecule has 10 heteroatoms. The first-order chi connectivity index (χ1) is 16.5. The van der Waals surface area contributed by atoms with E-state index in [2.05, 4.69) is 0 Å². The fourth-order valence-electron chi connectivity index (χ4n) is 6.79. The smallest absolute Gasteiger partial charge is 0.230 e. The molecule has 1 aromatic rings. The summed E-state index contributed by atoms with van der Waals surface area (Å²) < 4.78 is 5.52. The second kappa shape index (κ2) is 8.12. The Labute approximate surface area is 202 Å². The van der Waals surface area contributed by atoms with Crippen molar-refractivity contribution in [2.75, 3.05) is 27.3 Å². The number of carbonyl (C=O) groups is 3. The van der Waals surface area contributed by atoms with Gasteiger partial charge in [0, 0.05) is 30.1 Å². The minimum Gasteiger partial charge on any atom is -0.508 e. The number of aliphatic hydroxyl groups excluding tert-OH is 2. The Morgan fingerprint density at radius 2 is 1.91 bits per heavy atom. The highest BCUT2D eigenvalue weighted by molar-refractivity contribution is 6.15. The van der Waals surface area contributed by atoms with Crippen LogP contribution < -0.4 is 5.73 Å². The maximum atomic E-state index is 13.7. The van der Waals surface area contributed by atoms with Gasteiger partial charge in [0.05, 0.1) is 18.3 Å². The highest BCUT2D eigenvalue weighted by Crippen LogP contribution is 2.53. The standard InChI is InChI=1S/C25H30N2O8/c1-27(2)19-14-8-11-7-13-12(10-5-6-35-9-10)3-4-15(28)17(13)20(29)16(11)22(31)25(14,34)23(32)18(21(19)30)24(26)33/h3-4,10-11,14,18-19,21,28,30-31,34H,5-9H2,1-2H3,(H2,26,33)/t10?,11-,14-,18?,19-,21?,25-/m0/s1. The normalized spacial score (nSPS) is 36.7. The van der Waals surface area contributed by atoms with Gasteiger partial charge in [-0.25, -0.2) is 0 Å². The molecule has 0 radical (unpaired) electrons. The molecule has 4 aliphatic rings. The number of ether oxygens (including phenoxy) is 1. The molecular weight excluding hydrogens is 456 g/mol. The number of primary amides is 1. The van der Waals surface area contributed by atoms with Gasteiger partial charge in [-0.15, -0.1) is 0 Å². The van der Waals surface area contributed by atoms with E-state index in [9.17, 15) is 34.8 Å². The molecule has 1 heterocycles. The Balaban J connectivity index is 1.69. The van der Waals surface area contributed by atoms with Crippen LogP contribution in [0.5, 0.6) is 5.75 Å². The summed E-state index contributed by atoms with van der Waals surface area (Å²) in [6.45, 7) is 1.11. The van der Waals surface area contributed by atoms with E-state index in [1.165, 1.54) is 6.07 Å². The number of nitrogens with two attached hydrogens (primary N) is 1. The van der Waals surface area contributed by atoms with E-state index in [0.29, 0.717) is 25.2 Å². The van der Waals surface area contributed by atoms with Gasteiger partial charge in [0.15, 0.2) is 17.2 Å². The fraction of sp³-hybridized carbons (Fsp3) is 0.560. The monoisotopic (exact) mass is 486 g/mol. The van der Waals surface area contributed by atoms with Crippen LogP contribution in [0.4, 0.5) is 0 Å². The number of carbonyl (C=O) groups excluding carboxylic acids is 3. The Hall–Kier alpha value is -2.79. The van der Waals surface area contributed by atoms with Crippen LogP contribution in [-0.4, -0.2) is 87.9 Å². The van der Waals surface area contributed by atoms with Crippen LogP contribution >= 0.6 is 0 Å². The number of Topliss-reactive ketones (excluding diaryl/α,β-unsaturated/α-hetero) is 2. The molecule has 188 valence electrons. The summed E-state index contributed by atoms with van der Waals surface area (Å²) in [5, 5.41) is 44.5. The first kappa shape index (κ1) is 23.9. The molecule has 0 spiro atoms. The van der Waals surface area contributed by atoms with Crippen molar-refractivity contribution in [2.45, 2.75) is 42.9 Å². The van der Waals surface area contributed by atoms with Gasteiger partial charge in [-0.3, -0.25) is 14.4 Å². The minimum atomic E-state index is -2.57. The number of aromatic hydroxyl groups is 1. The van der Waals surface area contributed by atoms with E-state index in [-0.39, 0.29) is 29.2 Å². The lowest BCUT2D eigenvalue weighted by atomic mass is 9.55. The topological polar surface area (TPSA) is 171 Å². The number of hydrogen-bond donors (Lipinski definition) is 5. The highest BCUT2D eigenvalue weighted by atomic mass is 16.5. The third-order valence-electron chi connectivity index (χ3n) is 8.38. The van der Waals surface area contributed by atoms with Gasteiger partial charge in [-0.2, -0.15) is 0 Å². The van der Waals surface area contributed by atoms with Crippen LogP contribution in [0.1, 0.15) is 40.2 Å². The van der Waals surface area contributed by atoms with Gasteiger partial charge in [-0.05, 0) is 56.5 Å². The number of likely N-dealkylation sites (N-methyl/N-ethyl adjacent to an activating group) is 1. The summed E-state index contributed by atoms with van der Waals surface area (Å²) in [6.07, 6.45) is -0.299. The highest BCUT2D eigenvalue weighted by Gasteiger charge is 2.66. The number of phenolic OH excluding ortho intramolecular Hbond substituents is 1. The lowest BCUT2D eigenvalue weighted by molar-refractivity contribution is -0.178. The molecule has 1 aliphatic heterocycles. The maximum absolute atomic E-state index is 13.7. The van der Waals surface area contributed by atoms with E-state index in [4.69, 9.17) is 10.5 Å². The molecule has 0 aromatic heterocycles. The molecule has 5 rings (SSSR count). The molecule has 3 unspecified atom stereocenters. The Morgan fingerprint density at radius 1 is 1.20 bits per heavy atom. The average molecular weight is 487 g/mol. The largest absolute Gasteiger partial charge is 0.508 e. The van der Waals surface area contributed by atoms with Crippen molar-refractivity contribution < 1.29 is 39.5 Å². The number of aliphatic hydroxyl groups is 3. The summed E-state index contributed by atoms with van der Waals surface area (Å²) in [4.78, 5) is 40.7.